The van der Waals surface area contributed by atoms with E-state index in [4.69, 9.17) is 4.74 Å². The van der Waals surface area contributed by atoms with E-state index in [0.29, 0.717) is 18.9 Å². The molecule has 2 unspecified atom stereocenters. The van der Waals surface area contributed by atoms with E-state index in [-0.39, 0.29) is 12.5 Å². The zero-order valence-electron chi connectivity index (χ0n) is 17.1. The molecule has 2 saturated heterocycles. The van der Waals surface area contributed by atoms with Crippen molar-refractivity contribution in [2.45, 2.75) is 39.3 Å². The summed E-state index contributed by atoms with van der Waals surface area (Å²) in [6, 6.07) is 6.18. The van der Waals surface area contributed by atoms with E-state index in [1.165, 1.54) is 0 Å². The molecule has 0 amide bonds. The maximum atomic E-state index is 14.6. The van der Waals surface area contributed by atoms with Crippen LogP contribution in [0.4, 0.5) is 10.2 Å². The summed E-state index contributed by atoms with van der Waals surface area (Å²) in [7, 11) is 0. The van der Waals surface area contributed by atoms with Gasteiger partial charge in [-0.15, -0.1) is 0 Å². The van der Waals surface area contributed by atoms with Gasteiger partial charge >= 0.3 is 0 Å². The van der Waals surface area contributed by atoms with Crippen molar-refractivity contribution < 1.29 is 9.13 Å². The van der Waals surface area contributed by atoms with Crippen LogP contribution >= 0.6 is 0 Å². The minimum atomic E-state index is -0.974. The van der Waals surface area contributed by atoms with Gasteiger partial charge in [-0.3, -0.25) is 0 Å². The molecule has 7 heteroatoms. The average Bonchev–Trinajstić information content (AvgIpc) is 3.07. The zero-order chi connectivity index (χ0) is 20.1. The quantitative estimate of drug-likeness (QED) is 0.676. The van der Waals surface area contributed by atoms with Crippen molar-refractivity contribution in [1.82, 2.24) is 19.7 Å². The molecule has 0 N–H and O–H groups in total. The molecule has 0 spiro atoms. The van der Waals surface area contributed by atoms with Crippen LogP contribution in [0.2, 0.25) is 0 Å². The number of ether oxygens (including phenoxy) is 1. The van der Waals surface area contributed by atoms with Crippen molar-refractivity contribution in [2.75, 3.05) is 31.2 Å². The number of benzene rings is 1. The molecular weight excluding hydrogens is 369 g/mol. The highest BCUT2D eigenvalue weighted by Crippen LogP contribution is 2.34. The van der Waals surface area contributed by atoms with Gasteiger partial charge in [0.05, 0.1) is 18.3 Å². The largest absolute Gasteiger partial charge is 0.378 e. The molecule has 6 nitrogen and oxygen atoms in total. The summed E-state index contributed by atoms with van der Waals surface area (Å²) < 4.78 is 21.7. The van der Waals surface area contributed by atoms with Gasteiger partial charge < -0.3 is 9.64 Å². The van der Waals surface area contributed by atoms with Crippen molar-refractivity contribution in [3.63, 3.8) is 0 Å². The molecule has 2 fully saturated rings. The summed E-state index contributed by atoms with van der Waals surface area (Å²) in [5.74, 6) is 2.97. The van der Waals surface area contributed by atoms with Gasteiger partial charge in [0.25, 0.3) is 0 Å². The van der Waals surface area contributed by atoms with Crippen molar-refractivity contribution in [3.8, 4) is 5.82 Å². The lowest BCUT2D eigenvalue weighted by Crippen LogP contribution is -2.45. The maximum Gasteiger partial charge on any atom is 0.159 e. The molecule has 0 bridgehead atoms. The van der Waals surface area contributed by atoms with Gasteiger partial charge in [-0.1, -0.05) is 6.92 Å². The van der Waals surface area contributed by atoms with Crippen LogP contribution in [0.25, 0.3) is 16.7 Å². The minimum absolute atomic E-state index is 0.137. The minimum Gasteiger partial charge on any atom is -0.378 e. The second kappa shape index (κ2) is 7.06. The Morgan fingerprint density at radius 3 is 2.66 bits per heavy atom. The summed E-state index contributed by atoms with van der Waals surface area (Å²) in [6.45, 7) is 9.00. The van der Waals surface area contributed by atoms with Crippen LogP contribution in [-0.4, -0.2) is 52.2 Å². The van der Waals surface area contributed by atoms with Crippen LogP contribution in [-0.2, 0) is 4.74 Å². The Hall–Kier alpha value is -2.54. The number of rotatable bonds is 3. The van der Waals surface area contributed by atoms with Crippen molar-refractivity contribution in [1.29, 1.82) is 0 Å². The van der Waals surface area contributed by atoms with E-state index in [1.807, 2.05) is 30.8 Å². The Morgan fingerprint density at radius 2 is 1.90 bits per heavy atom. The molecule has 0 aliphatic carbocycles. The lowest BCUT2D eigenvalue weighted by atomic mass is 9.87. The van der Waals surface area contributed by atoms with Crippen LogP contribution in [0.15, 0.2) is 24.4 Å². The first-order chi connectivity index (χ1) is 14.0. The standard InChI is InChI=1S/C22H26FN5O/c1-13-10-27(11-13)21-8-22(26-15(3)25-21)28-20-7-18(14(2)6-16(20)9-24-28)17-4-5-29-12-19(17)23/h6-9,13,17,19H,4-5,10-12H2,1-3H3. The third-order valence-electron chi connectivity index (χ3n) is 6.06. The molecule has 1 aromatic carbocycles. The number of aromatic nitrogens is 4. The first-order valence-electron chi connectivity index (χ1n) is 10.3. The van der Waals surface area contributed by atoms with Gasteiger partial charge in [-0.2, -0.15) is 5.10 Å². The molecule has 0 saturated carbocycles. The molecule has 3 aromatic rings. The lowest BCUT2D eigenvalue weighted by Gasteiger charge is -2.38. The number of fused-ring (bicyclic) bond motifs is 1. The first kappa shape index (κ1) is 18.5. The molecule has 2 aromatic heterocycles. The number of halogens is 1. The van der Waals surface area contributed by atoms with Gasteiger partial charge in [0, 0.05) is 37.1 Å². The number of nitrogens with zero attached hydrogens (tertiary/aromatic N) is 5. The fraction of sp³-hybridized carbons (Fsp3) is 0.500. The summed E-state index contributed by atoms with van der Waals surface area (Å²) in [6.07, 6.45) is 1.58. The lowest BCUT2D eigenvalue weighted by molar-refractivity contribution is 0.0217. The number of anilines is 1. The molecule has 4 heterocycles. The van der Waals surface area contributed by atoms with Gasteiger partial charge in [0.15, 0.2) is 5.82 Å². The van der Waals surface area contributed by atoms with E-state index < -0.39 is 6.17 Å². The number of aryl methyl sites for hydroxylation is 2. The zero-order valence-corrected chi connectivity index (χ0v) is 17.1. The second-order valence-corrected chi connectivity index (χ2v) is 8.45. The summed E-state index contributed by atoms with van der Waals surface area (Å²) in [5.41, 5.74) is 3.09. The normalized spacial score (nSPS) is 22.8. The van der Waals surface area contributed by atoms with Gasteiger partial charge in [0.2, 0.25) is 0 Å². The van der Waals surface area contributed by atoms with Gasteiger partial charge in [0.1, 0.15) is 17.8 Å². The Morgan fingerprint density at radius 1 is 1.10 bits per heavy atom. The number of hydrogen-bond donors (Lipinski definition) is 0. The fourth-order valence-electron chi connectivity index (χ4n) is 4.53. The van der Waals surface area contributed by atoms with E-state index >= 15 is 0 Å². The molecule has 5 rings (SSSR count). The number of alkyl halides is 1. The number of hydrogen-bond acceptors (Lipinski definition) is 5. The van der Waals surface area contributed by atoms with Crippen LogP contribution in [0.3, 0.4) is 0 Å². The molecule has 152 valence electrons. The summed E-state index contributed by atoms with van der Waals surface area (Å²) >= 11 is 0. The van der Waals surface area contributed by atoms with E-state index in [2.05, 4.69) is 39.0 Å². The average molecular weight is 395 g/mol. The van der Waals surface area contributed by atoms with E-state index in [9.17, 15) is 4.39 Å². The SMILES string of the molecule is Cc1nc(N2CC(C)C2)cc(-n2ncc3cc(C)c(C4CCOCC4F)cc32)n1. The Labute approximate surface area is 169 Å². The Bertz CT molecular complexity index is 1060. The predicted molar refractivity (Wildman–Crippen MR) is 111 cm³/mol. The third kappa shape index (κ3) is 3.27. The monoisotopic (exact) mass is 395 g/mol. The van der Waals surface area contributed by atoms with E-state index in [1.54, 1.807) is 0 Å². The summed E-state index contributed by atoms with van der Waals surface area (Å²) in [5, 5.41) is 5.63. The molecular formula is C22H26FN5O. The van der Waals surface area contributed by atoms with Crippen LogP contribution < -0.4 is 4.90 Å². The first-order valence-corrected chi connectivity index (χ1v) is 10.3. The van der Waals surface area contributed by atoms with Crippen LogP contribution in [0.5, 0.6) is 0 Å². The van der Waals surface area contributed by atoms with Crippen LogP contribution in [0.1, 0.15) is 36.2 Å². The Kier molecular flexibility index (Phi) is 4.50. The van der Waals surface area contributed by atoms with Crippen molar-refractivity contribution in [2.24, 2.45) is 5.92 Å². The topological polar surface area (TPSA) is 56.1 Å². The van der Waals surface area contributed by atoms with Crippen molar-refractivity contribution in [3.05, 3.63) is 41.3 Å². The maximum absolute atomic E-state index is 14.6. The highest BCUT2D eigenvalue weighted by Gasteiger charge is 2.29. The smallest absolute Gasteiger partial charge is 0.159 e. The predicted octanol–water partition coefficient (Wildman–Crippen LogP) is 3.73. The molecule has 29 heavy (non-hydrogen) atoms. The molecule has 2 atom stereocenters. The van der Waals surface area contributed by atoms with Gasteiger partial charge in [-0.25, -0.2) is 19.0 Å². The Balaban J connectivity index is 1.58. The third-order valence-corrected chi connectivity index (χ3v) is 6.06. The van der Waals surface area contributed by atoms with Crippen LogP contribution in [0, 0.1) is 19.8 Å². The molecule has 2 aliphatic heterocycles. The fourth-order valence-corrected chi connectivity index (χ4v) is 4.53. The highest BCUT2D eigenvalue weighted by molar-refractivity contribution is 5.82. The van der Waals surface area contributed by atoms with Gasteiger partial charge in [-0.05, 0) is 49.4 Å². The molecule has 0 radical (unpaired) electrons. The second-order valence-electron chi connectivity index (χ2n) is 8.45. The summed E-state index contributed by atoms with van der Waals surface area (Å²) in [4.78, 5) is 11.5. The van der Waals surface area contributed by atoms with E-state index in [0.717, 1.165) is 52.6 Å². The van der Waals surface area contributed by atoms with Crippen molar-refractivity contribution >= 4 is 16.7 Å². The molecule has 2 aliphatic rings. The highest BCUT2D eigenvalue weighted by atomic mass is 19.1.